The number of carbonyl (C=O) groups is 1. The van der Waals surface area contributed by atoms with Crippen LogP contribution in [0.15, 0.2) is 97.1 Å². The van der Waals surface area contributed by atoms with E-state index in [1.165, 1.54) is 0 Å². The Hall–Kier alpha value is -3.69. The number of nitrogens with zero attached hydrogens (tertiary/aromatic N) is 1. The Kier molecular flexibility index (Phi) is 9.59. The lowest BCUT2D eigenvalue weighted by Crippen LogP contribution is -2.36. The monoisotopic (exact) mass is 603 g/mol. The van der Waals surface area contributed by atoms with Crippen LogP contribution in [0.4, 0.5) is 4.79 Å². The number of amides is 1. The molecule has 3 N–H and O–H groups in total. The molecule has 1 aliphatic carbocycles. The minimum atomic E-state index is -3.45. The zero-order chi connectivity index (χ0) is 29.5. The summed E-state index contributed by atoms with van der Waals surface area (Å²) in [6.07, 6.45) is -0.0611. The van der Waals surface area contributed by atoms with Crippen LogP contribution in [0.25, 0.3) is 22.3 Å². The average molecular weight is 604 g/mol. The summed E-state index contributed by atoms with van der Waals surface area (Å²) in [4.78, 5) is 15.1. The Balaban J connectivity index is 1.30. The highest BCUT2D eigenvalue weighted by atomic mass is 35.5. The molecule has 42 heavy (non-hydrogen) atoms. The molecule has 0 saturated heterocycles. The second-order valence-corrected chi connectivity index (χ2v) is 12.6. The molecule has 0 aromatic heterocycles. The molecule has 1 aliphatic rings. The van der Waals surface area contributed by atoms with Gasteiger partial charge in [0, 0.05) is 42.7 Å². The Morgan fingerprint density at radius 1 is 0.881 bits per heavy atom. The van der Waals surface area contributed by atoms with Gasteiger partial charge in [0.05, 0.1) is 5.75 Å². The van der Waals surface area contributed by atoms with Crippen molar-refractivity contribution in [3.05, 3.63) is 119 Å². The van der Waals surface area contributed by atoms with E-state index < -0.39 is 16.1 Å². The van der Waals surface area contributed by atoms with E-state index in [2.05, 4.69) is 29.0 Å². The van der Waals surface area contributed by atoms with Crippen LogP contribution in [0.1, 0.15) is 29.0 Å². The summed E-state index contributed by atoms with van der Waals surface area (Å²) in [6.45, 7) is 0.977. The molecule has 218 valence electrons. The molecule has 0 atom stereocenters. The van der Waals surface area contributed by atoms with Gasteiger partial charge in [0.1, 0.15) is 6.61 Å². The van der Waals surface area contributed by atoms with Crippen molar-refractivity contribution in [3.8, 4) is 22.3 Å². The van der Waals surface area contributed by atoms with Crippen LogP contribution < -0.4 is 10.5 Å². The smallest absolute Gasteiger partial charge is 0.410 e. The van der Waals surface area contributed by atoms with E-state index in [9.17, 15) is 13.2 Å². The highest BCUT2D eigenvalue weighted by molar-refractivity contribution is 7.89. The van der Waals surface area contributed by atoms with E-state index in [0.717, 1.165) is 38.9 Å². The number of nitrogens with one attached hydrogen (secondary N) is 1. The molecule has 7 nitrogen and oxygen atoms in total. The molecule has 0 spiro atoms. The molecule has 5 rings (SSSR count). The standard InChI is InChI=1S/C33H34ClN3O4S/c34-32-21-24(15-16-26(32)25-9-2-1-3-10-25)22-37(19-8-18-36-42(39,40)20-17-35)33(38)41-23-31-29-13-6-4-11-27(29)28-12-5-7-14-30(28)31/h1-7,9-16,21,31,36H,8,17-20,22-23,35H2. The minimum absolute atomic E-state index is 0.0426. The summed E-state index contributed by atoms with van der Waals surface area (Å²) in [5.74, 6) is -0.208. The largest absolute Gasteiger partial charge is 0.448 e. The number of fused-ring (bicyclic) bond motifs is 3. The fourth-order valence-electron chi connectivity index (χ4n) is 5.37. The van der Waals surface area contributed by atoms with Crippen LogP contribution in [-0.2, 0) is 21.3 Å². The summed E-state index contributed by atoms with van der Waals surface area (Å²) in [7, 11) is -3.45. The Bertz CT molecular complexity index is 1600. The molecule has 0 bridgehead atoms. The molecule has 0 unspecified atom stereocenters. The molecule has 0 heterocycles. The molecule has 0 saturated carbocycles. The lowest BCUT2D eigenvalue weighted by Gasteiger charge is -2.24. The number of hydrogen-bond acceptors (Lipinski definition) is 5. The first-order chi connectivity index (χ1) is 20.4. The summed E-state index contributed by atoms with van der Waals surface area (Å²) < 4.78 is 32.5. The first-order valence-corrected chi connectivity index (χ1v) is 16.0. The zero-order valence-electron chi connectivity index (χ0n) is 23.2. The van der Waals surface area contributed by atoms with Crippen molar-refractivity contribution in [2.45, 2.75) is 18.9 Å². The maximum atomic E-state index is 13.5. The number of nitrogens with two attached hydrogens (primary N) is 1. The third-order valence-electron chi connectivity index (χ3n) is 7.40. The van der Waals surface area contributed by atoms with Crippen molar-refractivity contribution in [2.24, 2.45) is 5.73 Å². The number of sulfonamides is 1. The molecule has 0 aliphatic heterocycles. The second kappa shape index (κ2) is 13.5. The van der Waals surface area contributed by atoms with E-state index in [1.807, 2.05) is 72.8 Å². The molecule has 9 heteroatoms. The first-order valence-electron chi connectivity index (χ1n) is 14.0. The molecular weight excluding hydrogens is 570 g/mol. The van der Waals surface area contributed by atoms with Crippen LogP contribution in [0.2, 0.25) is 5.02 Å². The van der Waals surface area contributed by atoms with Crippen LogP contribution >= 0.6 is 11.6 Å². The first kappa shape index (κ1) is 29.8. The van der Waals surface area contributed by atoms with Crippen LogP contribution in [0.5, 0.6) is 0 Å². The Morgan fingerprint density at radius 3 is 2.17 bits per heavy atom. The molecule has 4 aromatic rings. The summed E-state index contributed by atoms with van der Waals surface area (Å²) >= 11 is 6.66. The molecule has 0 fully saturated rings. The van der Waals surface area contributed by atoms with Crippen molar-refractivity contribution >= 4 is 27.7 Å². The minimum Gasteiger partial charge on any atom is -0.448 e. The number of benzene rings is 4. The van der Waals surface area contributed by atoms with E-state index in [-0.39, 0.29) is 37.9 Å². The van der Waals surface area contributed by atoms with Gasteiger partial charge in [0.25, 0.3) is 0 Å². The zero-order valence-corrected chi connectivity index (χ0v) is 24.8. The highest BCUT2D eigenvalue weighted by Crippen LogP contribution is 2.44. The maximum Gasteiger partial charge on any atom is 0.410 e. The molecule has 1 amide bonds. The maximum absolute atomic E-state index is 13.5. The van der Waals surface area contributed by atoms with E-state index in [4.69, 9.17) is 22.1 Å². The number of halogens is 1. The van der Waals surface area contributed by atoms with Gasteiger partial charge in [-0.25, -0.2) is 17.9 Å². The van der Waals surface area contributed by atoms with Crippen LogP contribution in [0, 0.1) is 0 Å². The number of carbonyl (C=O) groups excluding carboxylic acids is 1. The summed E-state index contributed by atoms with van der Waals surface area (Å²) in [5.41, 5.74) is 12.7. The lowest BCUT2D eigenvalue weighted by molar-refractivity contribution is 0.0969. The van der Waals surface area contributed by atoms with Crippen molar-refractivity contribution in [1.82, 2.24) is 9.62 Å². The van der Waals surface area contributed by atoms with Gasteiger partial charge in [0.2, 0.25) is 10.0 Å². The predicted octanol–water partition coefficient (Wildman–Crippen LogP) is 6.03. The highest BCUT2D eigenvalue weighted by Gasteiger charge is 2.29. The molecular formula is C33H34ClN3O4S. The van der Waals surface area contributed by atoms with Gasteiger partial charge in [-0.05, 0) is 45.9 Å². The van der Waals surface area contributed by atoms with Crippen LogP contribution in [-0.4, -0.2) is 51.4 Å². The number of ether oxygens (including phenoxy) is 1. The van der Waals surface area contributed by atoms with Crippen molar-refractivity contribution in [3.63, 3.8) is 0 Å². The van der Waals surface area contributed by atoms with Gasteiger partial charge in [-0.15, -0.1) is 0 Å². The van der Waals surface area contributed by atoms with Crippen molar-refractivity contribution in [2.75, 3.05) is 32.0 Å². The Labute approximate surface area is 252 Å². The fourth-order valence-corrected chi connectivity index (χ4v) is 6.60. The van der Waals surface area contributed by atoms with Crippen LogP contribution in [0.3, 0.4) is 0 Å². The lowest BCUT2D eigenvalue weighted by atomic mass is 9.98. The third-order valence-corrected chi connectivity index (χ3v) is 9.13. The van der Waals surface area contributed by atoms with Gasteiger partial charge in [0.15, 0.2) is 0 Å². The van der Waals surface area contributed by atoms with Gasteiger partial charge in [-0.1, -0.05) is 103 Å². The number of hydrogen-bond donors (Lipinski definition) is 2. The molecule has 4 aromatic carbocycles. The van der Waals surface area contributed by atoms with E-state index in [0.29, 0.717) is 18.0 Å². The fraction of sp³-hybridized carbons (Fsp3) is 0.242. The van der Waals surface area contributed by atoms with E-state index >= 15 is 0 Å². The van der Waals surface area contributed by atoms with E-state index in [1.54, 1.807) is 4.90 Å². The quantitative estimate of drug-likeness (QED) is 0.193. The molecule has 0 radical (unpaired) electrons. The van der Waals surface area contributed by atoms with Gasteiger partial charge >= 0.3 is 6.09 Å². The van der Waals surface area contributed by atoms with Gasteiger partial charge < -0.3 is 15.4 Å². The normalized spacial score (nSPS) is 12.5. The van der Waals surface area contributed by atoms with Gasteiger partial charge in [-0.2, -0.15) is 0 Å². The summed E-state index contributed by atoms with van der Waals surface area (Å²) in [6, 6.07) is 32.0. The SMILES string of the molecule is NCCS(=O)(=O)NCCCN(Cc1ccc(-c2ccccc2)c(Cl)c1)C(=O)OCC1c2ccccc2-c2ccccc21. The summed E-state index contributed by atoms with van der Waals surface area (Å²) in [5, 5.41) is 0.584. The topological polar surface area (TPSA) is 102 Å². The van der Waals surface area contributed by atoms with Crippen molar-refractivity contribution in [1.29, 1.82) is 0 Å². The Morgan fingerprint density at radius 2 is 1.52 bits per heavy atom. The second-order valence-electron chi connectivity index (χ2n) is 10.3. The van der Waals surface area contributed by atoms with Crippen molar-refractivity contribution < 1.29 is 17.9 Å². The predicted molar refractivity (Wildman–Crippen MR) is 168 cm³/mol. The average Bonchev–Trinajstić information content (AvgIpc) is 3.31. The number of rotatable bonds is 12. The third kappa shape index (κ3) is 7.02. The van der Waals surface area contributed by atoms with Gasteiger partial charge in [-0.3, -0.25) is 0 Å².